The van der Waals surface area contributed by atoms with E-state index < -0.39 is 9.84 Å². The molecule has 0 amide bonds. The quantitative estimate of drug-likeness (QED) is 0.776. The van der Waals surface area contributed by atoms with Gasteiger partial charge in [-0.15, -0.1) is 0 Å². The average Bonchev–Trinajstić information content (AvgIpc) is 2.83. The maximum atomic E-state index is 12.9. The topological polar surface area (TPSA) is 73.7 Å². The number of nitrogens with zero attached hydrogens (tertiary/aromatic N) is 1. The van der Waals surface area contributed by atoms with Crippen LogP contribution in [0.15, 0.2) is 52.3 Å². The average molecular weight is 331 g/mol. The van der Waals surface area contributed by atoms with Crippen LogP contribution in [0, 0.1) is 18.3 Å². The Labute approximate surface area is 132 Å². The fourth-order valence-corrected chi connectivity index (χ4v) is 4.22. The number of nitriles is 1. The van der Waals surface area contributed by atoms with Gasteiger partial charge in [0.05, 0.1) is 21.4 Å². The normalized spacial score (nSPS) is 11.5. The van der Waals surface area contributed by atoms with E-state index in [1.54, 1.807) is 37.3 Å². The molecule has 4 nitrogen and oxygen atoms in total. The Bertz CT molecular complexity index is 1010. The van der Waals surface area contributed by atoms with Crippen LogP contribution in [0.5, 0.6) is 0 Å². The lowest BCUT2D eigenvalue weighted by molar-refractivity contribution is 0.596. The summed E-state index contributed by atoms with van der Waals surface area (Å²) in [5.74, 6) is 0. The van der Waals surface area contributed by atoms with E-state index in [1.807, 2.05) is 6.07 Å². The number of aromatic amines is 1. The standard InChI is InChI=1S/C16H11ClN2O2S/c1-10-16(14-8-11(9-18)2-7-15(14)19-10)22(20,21)13-5-3-12(17)4-6-13/h2-8,19H,1H3. The Kier molecular flexibility index (Phi) is 3.44. The van der Waals surface area contributed by atoms with Gasteiger partial charge in [0.1, 0.15) is 0 Å². The maximum absolute atomic E-state index is 12.9. The molecule has 0 fully saturated rings. The van der Waals surface area contributed by atoms with Crippen LogP contribution in [0.1, 0.15) is 11.3 Å². The van der Waals surface area contributed by atoms with Gasteiger partial charge in [-0.1, -0.05) is 11.6 Å². The first-order valence-corrected chi connectivity index (χ1v) is 8.32. The third-order valence-corrected chi connectivity index (χ3v) is 5.66. The molecular weight excluding hydrogens is 320 g/mol. The van der Waals surface area contributed by atoms with E-state index in [1.165, 1.54) is 12.1 Å². The number of aryl methyl sites for hydroxylation is 1. The molecule has 110 valence electrons. The molecule has 0 unspecified atom stereocenters. The number of nitrogens with one attached hydrogen (secondary N) is 1. The van der Waals surface area contributed by atoms with E-state index in [4.69, 9.17) is 16.9 Å². The zero-order chi connectivity index (χ0) is 15.9. The molecule has 0 saturated carbocycles. The summed E-state index contributed by atoms with van der Waals surface area (Å²) in [4.78, 5) is 3.42. The predicted octanol–water partition coefficient (Wildman–Crippen LogP) is 3.83. The minimum Gasteiger partial charge on any atom is -0.358 e. The molecule has 22 heavy (non-hydrogen) atoms. The Balaban J connectivity index is 2.31. The summed E-state index contributed by atoms with van der Waals surface area (Å²) >= 11 is 5.82. The van der Waals surface area contributed by atoms with Gasteiger partial charge in [-0.05, 0) is 49.4 Å². The number of fused-ring (bicyclic) bond motifs is 1. The third kappa shape index (κ3) is 2.27. The number of sulfone groups is 1. The minimum absolute atomic E-state index is 0.170. The van der Waals surface area contributed by atoms with Crippen molar-refractivity contribution in [2.24, 2.45) is 0 Å². The lowest BCUT2D eigenvalue weighted by Gasteiger charge is -2.05. The summed E-state index contributed by atoms with van der Waals surface area (Å²) in [5, 5.41) is 10.0. The van der Waals surface area contributed by atoms with E-state index in [2.05, 4.69) is 4.98 Å². The van der Waals surface area contributed by atoms with E-state index in [-0.39, 0.29) is 9.79 Å². The SMILES string of the molecule is Cc1[nH]c2ccc(C#N)cc2c1S(=O)(=O)c1ccc(Cl)cc1. The van der Waals surface area contributed by atoms with Crippen molar-refractivity contribution in [1.82, 2.24) is 4.98 Å². The van der Waals surface area contributed by atoms with Gasteiger partial charge in [0.25, 0.3) is 0 Å². The fraction of sp³-hybridized carbons (Fsp3) is 0.0625. The van der Waals surface area contributed by atoms with Crippen molar-refractivity contribution in [2.45, 2.75) is 16.7 Å². The molecule has 1 aromatic heterocycles. The van der Waals surface area contributed by atoms with Gasteiger partial charge in [0.15, 0.2) is 0 Å². The van der Waals surface area contributed by atoms with Crippen LogP contribution in [-0.4, -0.2) is 13.4 Å². The van der Waals surface area contributed by atoms with Crippen molar-refractivity contribution in [2.75, 3.05) is 0 Å². The predicted molar refractivity (Wildman–Crippen MR) is 84.7 cm³/mol. The number of halogens is 1. The van der Waals surface area contributed by atoms with Crippen molar-refractivity contribution in [3.05, 3.63) is 58.7 Å². The van der Waals surface area contributed by atoms with Crippen LogP contribution < -0.4 is 0 Å². The van der Waals surface area contributed by atoms with Crippen LogP contribution >= 0.6 is 11.6 Å². The second kappa shape index (κ2) is 5.16. The van der Waals surface area contributed by atoms with Gasteiger partial charge in [0, 0.05) is 21.6 Å². The summed E-state index contributed by atoms with van der Waals surface area (Å²) in [6.07, 6.45) is 0. The Hall–Kier alpha value is -2.29. The molecule has 2 aromatic carbocycles. The van der Waals surface area contributed by atoms with Gasteiger partial charge in [-0.2, -0.15) is 5.26 Å². The molecule has 3 aromatic rings. The molecule has 1 N–H and O–H groups in total. The van der Waals surface area contributed by atoms with E-state index in [9.17, 15) is 8.42 Å². The summed E-state index contributed by atoms with van der Waals surface area (Å²) in [5.41, 5.74) is 1.64. The van der Waals surface area contributed by atoms with E-state index in [0.717, 1.165) is 0 Å². The lowest BCUT2D eigenvalue weighted by atomic mass is 10.2. The monoisotopic (exact) mass is 330 g/mol. The van der Waals surface area contributed by atoms with Crippen LogP contribution in [-0.2, 0) is 9.84 Å². The third-order valence-electron chi connectivity index (χ3n) is 3.45. The smallest absolute Gasteiger partial charge is 0.208 e. The highest BCUT2D eigenvalue weighted by Gasteiger charge is 2.24. The molecule has 3 rings (SSSR count). The number of H-pyrrole nitrogens is 1. The molecule has 0 bridgehead atoms. The second-order valence-electron chi connectivity index (χ2n) is 4.91. The highest BCUT2D eigenvalue weighted by molar-refractivity contribution is 7.91. The van der Waals surface area contributed by atoms with Crippen LogP contribution in [0.25, 0.3) is 10.9 Å². The van der Waals surface area contributed by atoms with Gasteiger partial charge >= 0.3 is 0 Å². The van der Waals surface area contributed by atoms with Crippen molar-refractivity contribution < 1.29 is 8.42 Å². The first-order valence-electron chi connectivity index (χ1n) is 6.46. The largest absolute Gasteiger partial charge is 0.358 e. The number of benzene rings is 2. The number of hydrogen-bond donors (Lipinski definition) is 1. The number of aromatic nitrogens is 1. The van der Waals surface area contributed by atoms with Gasteiger partial charge in [0.2, 0.25) is 9.84 Å². The molecule has 0 aliphatic rings. The summed E-state index contributed by atoms with van der Waals surface area (Å²) in [6.45, 7) is 1.70. The molecule has 0 aliphatic carbocycles. The van der Waals surface area contributed by atoms with Crippen molar-refractivity contribution >= 4 is 32.3 Å². The minimum atomic E-state index is -3.69. The van der Waals surface area contributed by atoms with Gasteiger partial charge < -0.3 is 4.98 Å². The number of hydrogen-bond acceptors (Lipinski definition) is 3. The van der Waals surface area contributed by atoms with Crippen LogP contribution in [0.3, 0.4) is 0 Å². The second-order valence-corrected chi connectivity index (χ2v) is 7.23. The molecule has 1 heterocycles. The van der Waals surface area contributed by atoms with Crippen LogP contribution in [0.2, 0.25) is 5.02 Å². The first-order chi connectivity index (χ1) is 10.4. The molecule has 0 aliphatic heterocycles. The Morgan fingerprint density at radius 3 is 2.45 bits per heavy atom. The Morgan fingerprint density at radius 1 is 1.14 bits per heavy atom. The van der Waals surface area contributed by atoms with Crippen molar-refractivity contribution in [3.8, 4) is 6.07 Å². The lowest BCUT2D eigenvalue weighted by Crippen LogP contribution is -2.03. The first kappa shape index (κ1) is 14.6. The Morgan fingerprint density at radius 2 is 1.82 bits per heavy atom. The van der Waals surface area contributed by atoms with Gasteiger partial charge in [-0.3, -0.25) is 0 Å². The molecule has 0 saturated heterocycles. The van der Waals surface area contributed by atoms with Crippen LogP contribution in [0.4, 0.5) is 0 Å². The maximum Gasteiger partial charge on any atom is 0.208 e. The molecule has 0 atom stereocenters. The van der Waals surface area contributed by atoms with Gasteiger partial charge in [-0.25, -0.2) is 8.42 Å². The highest BCUT2D eigenvalue weighted by Crippen LogP contribution is 2.32. The summed E-state index contributed by atoms with van der Waals surface area (Å²) < 4.78 is 25.8. The molecule has 0 spiro atoms. The number of rotatable bonds is 2. The molecule has 6 heteroatoms. The summed E-state index contributed by atoms with van der Waals surface area (Å²) in [7, 11) is -3.69. The zero-order valence-corrected chi connectivity index (χ0v) is 13.2. The fourth-order valence-electron chi connectivity index (χ4n) is 2.45. The summed E-state index contributed by atoms with van der Waals surface area (Å²) in [6, 6.07) is 13.0. The van der Waals surface area contributed by atoms with E-state index >= 15 is 0 Å². The molecule has 0 radical (unpaired) electrons. The molecular formula is C16H11ClN2O2S. The van der Waals surface area contributed by atoms with Crippen molar-refractivity contribution in [1.29, 1.82) is 5.26 Å². The highest BCUT2D eigenvalue weighted by atomic mass is 35.5. The zero-order valence-electron chi connectivity index (χ0n) is 11.6. The van der Waals surface area contributed by atoms with E-state index in [0.29, 0.717) is 27.2 Å². The van der Waals surface area contributed by atoms with Crippen molar-refractivity contribution in [3.63, 3.8) is 0 Å².